The van der Waals surface area contributed by atoms with Crippen molar-refractivity contribution >= 4 is 22.8 Å². The summed E-state index contributed by atoms with van der Waals surface area (Å²) in [6, 6.07) is 7.10. The molecule has 3 aliphatic heterocycles. The van der Waals surface area contributed by atoms with Gasteiger partial charge in [-0.1, -0.05) is 18.2 Å². The van der Waals surface area contributed by atoms with Crippen LogP contribution in [-0.4, -0.2) is 63.0 Å². The molecule has 1 aliphatic carbocycles. The third-order valence-corrected chi connectivity index (χ3v) is 7.54. The summed E-state index contributed by atoms with van der Waals surface area (Å²) in [6.45, 7) is 1.93. The van der Waals surface area contributed by atoms with Gasteiger partial charge in [0.1, 0.15) is 11.0 Å². The van der Waals surface area contributed by atoms with Crippen molar-refractivity contribution in [2.45, 2.75) is 49.3 Å². The predicted octanol–water partition coefficient (Wildman–Crippen LogP) is 0.878. The van der Waals surface area contributed by atoms with Crippen molar-refractivity contribution in [3.05, 3.63) is 35.5 Å². The van der Waals surface area contributed by atoms with Crippen molar-refractivity contribution in [2.24, 2.45) is 13.0 Å². The maximum absolute atomic E-state index is 13.5. The molecule has 6 rings (SSSR count). The lowest BCUT2D eigenvalue weighted by Crippen LogP contribution is -2.78. The van der Waals surface area contributed by atoms with Crippen molar-refractivity contribution in [1.29, 1.82) is 0 Å². The van der Waals surface area contributed by atoms with Gasteiger partial charge < -0.3 is 24.4 Å². The molecule has 7 nitrogen and oxygen atoms in total. The van der Waals surface area contributed by atoms with Crippen molar-refractivity contribution in [3.63, 3.8) is 0 Å². The number of hydrogen-bond donors (Lipinski definition) is 2. The number of nitrogens with zero attached hydrogens (tertiary/aromatic N) is 2. The Bertz CT molecular complexity index is 1040. The standard InChI is InChI=1S/C22H26N2O5/c1-12(25)22(28)11-13-10-21(20(27)29-3)17-15(8-9-24(18(13)26)19(21)22)14-6-4-5-7-16(14)23(17)2/h4-7,12-13,19,25,28H,8-11H2,1-3H3. The van der Waals surface area contributed by atoms with E-state index >= 15 is 0 Å². The van der Waals surface area contributed by atoms with Gasteiger partial charge in [0.2, 0.25) is 5.91 Å². The highest BCUT2D eigenvalue weighted by Gasteiger charge is 2.71. The number of esters is 1. The Morgan fingerprint density at radius 1 is 1.31 bits per heavy atom. The number of aryl methyl sites for hydroxylation is 1. The van der Waals surface area contributed by atoms with Crippen molar-refractivity contribution in [2.75, 3.05) is 13.7 Å². The molecule has 5 unspecified atom stereocenters. The minimum absolute atomic E-state index is 0.0445. The van der Waals surface area contributed by atoms with Crippen LogP contribution in [0.4, 0.5) is 0 Å². The van der Waals surface area contributed by atoms with Crippen molar-refractivity contribution in [3.8, 4) is 0 Å². The van der Waals surface area contributed by atoms with Crippen LogP contribution < -0.4 is 0 Å². The first-order chi connectivity index (χ1) is 13.8. The van der Waals surface area contributed by atoms with Gasteiger partial charge in [0.25, 0.3) is 0 Å². The SMILES string of the molecule is COC(=O)C12CC3CC(O)(C(C)O)C1N(CCc1c2n(C)c2ccccc12)C3=O. The van der Waals surface area contributed by atoms with Gasteiger partial charge in [0.15, 0.2) is 0 Å². The normalized spacial score (nSPS) is 34.1. The van der Waals surface area contributed by atoms with Gasteiger partial charge in [-0.3, -0.25) is 9.59 Å². The zero-order valence-corrected chi connectivity index (χ0v) is 16.9. The number of methoxy groups -OCH3 is 1. The van der Waals surface area contributed by atoms with E-state index in [1.165, 1.54) is 14.0 Å². The average Bonchev–Trinajstić information content (AvgIpc) is 2.91. The molecule has 4 heterocycles. The summed E-state index contributed by atoms with van der Waals surface area (Å²) < 4.78 is 7.32. The summed E-state index contributed by atoms with van der Waals surface area (Å²) in [5, 5.41) is 23.2. The van der Waals surface area contributed by atoms with Crippen LogP contribution in [0.3, 0.4) is 0 Å². The number of carbonyl (C=O) groups is 2. The van der Waals surface area contributed by atoms with E-state index < -0.39 is 35.0 Å². The lowest BCUT2D eigenvalue weighted by Gasteiger charge is -2.61. The number of rotatable bonds is 2. The molecule has 5 atom stereocenters. The second kappa shape index (κ2) is 5.83. The number of ether oxygens (including phenoxy) is 1. The highest BCUT2D eigenvalue weighted by atomic mass is 16.5. The van der Waals surface area contributed by atoms with E-state index in [9.17, 15) is 19.8 Å². The van der Waals surface area contributed by atoms with Crippen LogP contribution in [0.15, 0.2) is 24.3 Å². The number of hydrogen-bond acceptors (Lipinski definition) is 5. The number of amides is 1. The topological polar surface area (TPSA) is 92.0 Å². The van der Waals surface area contributed by atoms with Crippen LogP contribution in [0, 0.1) is 5.92 Å². The first kappa shape index (κ1) is 18.6. The van der Waals surface area contributed by atoms with E-state index in [1.54, 1.807) is 4.90 Å². The molecule has 2 saturated heterocycles. The monoisotopic (exact) mass is 398 g/mol. The zero-order chi connectivity index (χ0) is 20.7. The fraction of sp³-hybridized carbons (Fsp3) is 0.545. The van der Waals surface area contributed by atoms with Crippen molar-refractivity contribution < 1.29 is 24.5 Å². The molecule has 0 radical (unpaired) electrons. The quantitative estimate of drug-likeness (QED) is 0.733. The molecule has 4 bridgehead atoms. The van der Waals surface area contributed by atoms with E-state index in [0.29, 0.717) is 13.0 Å². The van der Waals surface area contributed by atoms with Crippen LogP contribution in [-0.2, 0) is 33.2 Å². The number of carbonyl (C=O) groups excluding carboxylic acids is 2. The maximum atomic E-state index is 13.5. The van der Waals surface area contributed by atoms with Gasteiger partial charge in [-0.2, -0.15) is 0 Å². The minimum Gasteiger partial charge on any atom is -0.468 e. The smallest absolute Gasteiger partial charge is 0.320 e. The summed E-state index contributed by atoms with van der Waals surface area (Å²) in [6.07, 6.45) is -0.0689. The largest absolute Gasteiger partial charge is 0.468 e. The third-order valence-electron chi connectivity index (χ3n) is 7.54. The Morgan fingerprint density at radius 2 is 2.03 bits per heavy atom. The van der Waals surface area contributed by atoms with Gasteiger partial charge >= 0.3 is 5.97 Å². The molecular weight excluding hydrogens is 372 g/mol. The first-order valence-corrected chi connectivity index (χ1v) is 10.1. The molecule has 1 aromatic heterocycles. The van der Waals surface area contributed by atoms with E-state index in [4.69, 9.17) is 4.74 Å². The summed E-state index contributed by atoms with van der Waals surface area (Å²) >= 11 is 0. The Balaban J connectivity index is 1.90. The number of benzene rings is 1. The Hall–Kier alpha value is -2.38. The fourth-order valence-electron chi connectivity index (χ4n) is 6.44. The molecule has 1 amide bonds. The van der Waals surface area contributed by atoms with Crippen LogP contribution >= 0.6 is 0 Å². The molecular formula is C22H26N2O5. The van der Waals surface area contributed by atoms with E-state index in [-0.39, 0.29) is 18.7 Å². The highest BCUT2D eigenvalue weighted by Crippen LogP contribution is 2.57. The van der Waals surface area contributed by atoms with E-state index in [2.05, 4.69) is 0 Å². The second-order valence-corrected chi connectivity index (χ2v) is 8.82. The average molecular weight is 398 g/mol. The number of aliphatic hydroxyl groups excluding tert-OH is 1. The lowest BCUT2D eigenvalue weighted by atomic mass is 9.53. The van der Waals surface area contributed by atoms with Crippen LogP contribution in [0.25, 0.3) is 10.9 Å². The summed E-state index contributed by atoms with van der Waals surface area (Å²) in [5.74, 6) is -1.04. The van der Waals surface area contributed by atoms with Crippen LogP contribution in [0.2, 0.25) is 0 Å². The predicted molar refractivity (Wildman–Crippen MR) is 105 cm³/mol. The number of para-hydroxylation sites is 1. The summed E-state index contributed by atoms with van der Waals surface area (Å²) in [5.41, 5.74) is 0.0150. The van der Waals surface area contributed by atoms with Gasteiger partial charge in [-0.05, 0) is 37.8 Å². The molecule has 3 fully saturated rings. The fourth-order valence-corrected chi connectivity index (χ4v) is 6.44. The van der Waals surface area contributed by atoms with Crippen molar-refractivity contribution in [1.82, 2.24) is 9.47 Å². The van der Waals surface area contributed by atoms with Gasteiger partial charge in [-0.15, -0.1) is 0 Å². The number of fused-ring (bicyclic) bond motifs is 4. The molecule has 29 heavy (non-hydrogen) atoms. The molecule has 1 saturated carbocycles. The van der Waals surface area contributed by atoms with Crippen LogP contribution in [0.5, 0.6) is 0 Å². The van der Waals surface area contributed by atoms with Gasteiger partial charge in [0, 0.05) is 36.1 Å². The lowest BCUT2D eigenvalue weighted by molar-refractivity contribution is -0.216. The summed E-state index contributed by atoms with van der Waals surface area (Å²) in [4.78, 5) is 28.2. The maximum Gasteiger partial charge on any atom is 0.320 e. The van der Waals surface area contributed by atoms with Gasteiger partial charge in [0.05, 0.1) is 19.3 Å². The molecule has 154 valence electrons. The number of piperidine rings is 2. The van der Waals surface area contributed by atoms with E-state index in [1.807, 2.05) is 35.9 Å². The molecule has 2 aromatic rings. The molecule has 2 N–H and O–H groups in total. The second-order valence-electron chi connectivity index (χ2n) is 8.82. The zero-order valence-electron chi connectivity index (χ0n) is 16.9. The Morgan fingerprint density at radius 3 is 2.72 bits per heavy atom. The van der Waals surface area contributed by atoms with Gasteiger partial charge in [-0.25, -0.2) is 0 Å². The summed E-state index contributed by atoms with van der Waals surface area (Å²) in [7, 11) is 3.27. The van der Waals surface area contributed by atoms with Crippen LogP contribution in [0.1, 0.15) is 31.0 Å². The third kappa shape index (κ3) is 2.04. The molecule has 4 aliphatic rings. The first-order valence-electron chi connectivity index (χ1n) is 10.1. The molecule has 7 heteroatoms. The highest BCUT2D eigenvalue weighted by molar-refractivity contribution is 5.96. The Kier molecular flexibility index (Phi) is 3.75. The molecule has 0 spiro atoms. The molecule has 1 aromatic carbocycles. The Labute approximate surface area is 168 Å². The minimum atomic E-state index is -1.58. The number of aromatic nitrogens is 1. The van der Waals surface area contributed by atoms with E-state index in [0.717, 1.165) is 22.2 Å². The number of aliphatic hydroxyl groups is 2.